The molecule has 1 aromatic carbocycles. The number of fused-ring (bicyclic) bond motifs is 1. The molecule has 0 aliphatic rings. The molecule has 3 aromatic rings. The Bertz CT molecular complexity index is 1010. The van der Waals surface area contributed by atoms with Crippen molar-refractivity contribution in [3.05, 3.63) is 71.6 Å². The molecule has 0 radical (unpaired) electrons. The summed E-state index contributed by atoms with van der Waals surface area (Å²) in [5, 5.41) is 5.61. The van der Waals surface area contributed by atoms with E-state index in [1.165, 1.54) is 6.07 Å². The molecule has 3 rings (SSSR count). The first-order valence-electron chi connectivity index (χ1n) is 9.74. The summed E-state index contributed by atoms with van der Waals surface area (Å²) < 4.78 is 15.3. The second kappa shape index (κ2) is 9.32. The fraction of sp³-hybridized carbons (Fsp3) is 0.318. The van der Waals surface area contributed by atoms with Gasteiger partial charge in [0.2, 0.25) is 5.82 Å². The van der Waals surface area contributed by atoms with Crippen molar-refractivity contribution in [3.63, 3.8) is 0 Å². The number of hydrogen-bond acceptors (Lipinski definition) is 3. The highest BCUT2D eigenvalue weighted by Gasteiger charge is 2.21. The van der Waals surface area contributed by atoms with Gasteiger partial charge in [0.1, 0.15) is 5.82 Å². The molecule has 2 N–H and O–H groups in total. The van der Waals surface area contributed by atoms with Crippen LogP contribution in [0, 0.1) is 11.7 Å². The van der Waals surface area contributed by atoms with Gasteiger partial charge >= 0.3 is 0 Å². The number of imidazole rings is 1. The van der Waals surface area contributed by atoms with Crippen LogP contribution in [0.3, 0.4) is 0 Å². The van der Waals surface area contributed by atoms with Crippen LogP contribution in [0.5, 0.6) is 0 Å². The maximum atomic E-state index is 13.7. The Labute approximate surface area is 169 Å². The highest BCUT2D eigenvalue weighted by molar-refractivity contribution is 6.02. The zero-order chi connectivity index (χ0) is 20.8. The minimum absolute atomic E-state index is 0.170. The van der Waals surface area contributed by atoms with Crippen LogP contribution in [0.15, 0.2) is 48.7 Å². The van der Waals surface area contributed by atoms with E-state index in [0.717, 1.165) is 6.42 Å². The summed E-state index contributed by atoms with van der Waals surface area (Å²) in [6.45, 7) is 4.98. The third kappa shape index (κ3) is 4.99. The SMILES string of the molecule is CC(C)CCNC(=O)c1nc(C(=O)NCCc2ccccc2F)c2ccccn12. The van der Waals surface area contributed by atoms with Crippen molar-refractivity contribution < 1.29 is 14.0 Å². The number of nitrogens with zero attached hydrogens (tertiary/aromatic N) is 2. The molecule has 6 nitrogen and oxygen atoms in total. The first-order valence-corrected chi connectivity index (χ1v) is 9.74. The number of halogens is 1. The third-order valence-corrected chi connectivity index (χ3v) is 4.61. The third-order valence-electron chi connectivity index (χ3n) is 4.61. The molecule has 0 bridgehead atoms. The molecule has 7 heteroatoms. The highest BCUT2D eigenvalue weighted by Crippen LogP contribution is 2.14. The van der Waals surface area contributed by atoms with Crippen molar-refractivity contribution in [1.29, 1.82) is 0 Å². The van der Waals surface area contributed by atoms with Gasteiger partial charge in [-0.1, -0.05) is 38.1 Å². The fourth-order valence-corrected chi connectivity index (χ4v) is 3.01. The minimum Gasteiger partial charge on any atom is -0.350 e. The number of hydrogen-bond donors (Lipinski definition) is 2. The van der Waals surface area contributed by atoms with Gasteiger partial charge in [-0.2, -0.15) is 0 Å². The van der Waals surface area contributed by atoms with Crippen molar-refractivity contribution in [2.75, 3.05) is 13.1 Å². The molecule has 0 aliphatic heterocycles. The number of carbonyl (C=O) groups is 2. The predicted octanol–water partition coefficient (Wildman–Crippen LogP) is 3.22. The zero-order valence-electron chi connectivity index (χ0n) is 16.6. The number of aromatic nitrogens is 2. The maximum Gasteiger partial charge on any atom is 0.287 e. The lowest BCUT2D eigenvalue weighted by atomic mass is 10.1. The van der Waals surface area contributed by atoms with Crippen molar-refractivity contribution >= 4 is 17.3 Å². The second-order valence-electron chi connectivity index (χ2n) is 7.28. The quantitative estimate of drug-likeness (QED) is 0.614. The van der Waals surface area contributed by atoms with E-state index < -0.39 is 5.91 Å². The second-order valence-corrected chi connectivity index (χ2v) is 7.28. The van der Waals surface area contributed by atoms with Gasteiger partial charge in [-0.05, 0) is 42.5 Å². The summed E-state index contributed by atoms with van der Waals surface area (Å²) in [5.74, 6) is -0.371. The van der Waals surface area contributed by atoms with E-state index in [4.69, 9.17) is 0 Å². The van der Waals surface area contributed by atoms with Gasteiger partial charge < -0.3 is 10.6 Å². The average Bonchev–Trinajstić information content (AvgIpc) is 3.09. The van der Waals surface area contributed by atoms with E-state index in [-0.39, 0.29) is 29.8 Å². The number of nitrogens with one attached hydrogen (secondary N) is 2. The van der Waals surface area contributed by atoms with E-state index in [1.807, 2.05) is 0 Å². The van der Waals surface area contributed by atoms with Crippen LogP contribution < -0.4 is 10.6 Å². The summed E-state index contributed by atoms with van der Waals surface area (Å²) in [7, 11) is 0. The lowest BCUT2D eigenvalue weighted by Crippen LogP contribution is -2.28. The molecule has 0 saturated carbocycles. The Morgan fingerprint density at radius 2 is 1.76 bits per heavy atom. The standard InChI is InChI=1S/C22H25FN4O2/c1-15(2)10-12-25-22(29)20-26-19(18-9-5-6-14-27(18)20)21(28)24-13-11-16-7-3-4-8-17(16)23/h3-9,14-15H,10-13H2,1-2H3,(H,24,28)(H,25,29). The van der Waals surface area contributed by atoms with Crippen molar-refractivity contribution in [3.8, 4) is 0 Å². The Kier molecular flexibility index (Phi) is 6.59. The van der Waals surface area contributed by atoms with E-state index >= 15 is 0 Å². The predicted molar refractivity (Wildman–Crippen MR) is 109 cm³/mol. The van der Waals surface area contributed by atoms with Crippen LogP contribution in [0.1, 0.15) is 46.9 Å². The molecule has 152 valence electrons. The lowest BCUT2D eigenvalue weighted by Gasteiger charge is -2.06. The van der Waals surface area contributed by atoms with Gasteiger partial charge in [-0.3, -0.25) is 14.0 Å². The number of amides is 2. The van der Waals surface area contributed by atoms with Crippen molar-refractivity contribution in [1.82, 2.24) is 20.0 Å². The maximum absolute atomic E-state index is 13.7. The monoisotopic (exact) mass is 396 g/mol. The van der Waals surface area contributed by atoms with E-state index in [1.54, 1.807) is 47.0 Å². The first kappa shape index (κ1) is 20.5. The molecule has 29 heavy (non-hydrogen) atoms. The molecule has 2 aromatic heterocycles. The van der Waals surface area contributed by atoms with Crippen LogP contribution in [0.4, 0.5) is 4.39 Å². The summed E-state index contributed by atoms with van der Waals surface area (Å²) in [5.41, 5.74) is 1.26. The molecule has 2 amide bonds. The van der Waals surface area contributed by atoms with Crippen LogP contribution in [0.25, 0.3) is 5.52 Å². The first-order chi connectivity index (χ1) is 14.0. The van der Waals surface area contributed by atoms with Crippen LogP contribution in [-0.4, -0.2) is 34.3 Å². The summed E-state index contributed by atoms with van der Waals surface area (Å²) in [6.07, 6.45) is 2.93. The van der Waals surface area contributed by atoms with Crippen molar-refractivity contribution in [2.24, 2.45) is 5.92 Å². The number of carbonyl (C=O) groups excluding carboxylic acids is 2. The Morgan fingerprint density at radius 1 is 1.03 bits per heavy atom. The van der Waals surface area contributed by atoms with Gasteiger partial charge in [0.15, 0.2) is 5.69 Å². The molecular weight excluding hydrogens is 371 g/mol. The number of benzene rings is 1. The molecule has 0 unspecified atom stereocenters. The van der Waals surface area contributed by atoms with Gasteiger partial charge in [0.25, 0.3) is 11.8 Å². The van der Waals surface area contributed by atoms with Gasteiger partial charge in [0.05, 0.1) is 5.52 Å². The van der Waals surface area contributed by atoms with Crippen LogP contribution in [0.2, 0.25) is 0 Å². The van der Waals surface area contributed by atoms with Crippen LogP contribution in [-0.2, 0) is 6.42 Å². The summed E-state index contributed by atoms with van der Waals surface area (Å²) in [6, 6.07) is 11.8. The molecule has 0 fully saturated rings. The molecule has 0 saturated heterocycles. The smallest absolute Gasteiger partial charge is 0.287 e. The highest BCUT2D eigenvalue weighted by atomic mass is 19.1. The minimum atomic E-state index is -0.397. The summed E-state index contributed by atoms with van der Waals surface area (Å²) >= 11 is 0. The van der Waals surface area contributed by atoms with Crippen LogP contribution >= 0.6 is 0 Å². The Morgan fingerprint density at radius 3 is 2.52 bits per heavy atom. The molecule has 2 heterocycles. The van der Waals surface area contributed by atoms with Crippen molar-refractivity contribution in [2.45, 2.75) is 26.7 Å². The molecule has 0 aliphatic carbocycles. The zero-order valence-corrected chi connectivity index (χ0v) is 16.6. The number of rotatable bonds is 8. The molecule has 0 atom stereocenters. The average molecular weight is 396 g/mol. The Hall–Kier alpha value is -3.22. The Balaban J connectivity index is 1.72. The number of pyridine rings is 1. The largest absolute Gasteiger partial charge is 0.350 e. The molecule has 0 spiro atoms. The fourth-order valence-electron chi connectivity index (χ4n) is 3.01. The van der Waals surface area contributed by atoms with E-state index in [9.17, 15) is 14.0 Å². The van der Waals surface area contributed by atoms with Gasteiger partial charge in [0, 0.05) is 19.3 Å². The van der Waals surface area contributed by atoms with Gasteiger partial charge in [-0.15, -0.1) is 0 Å². The normalized spacial score (nSPS) is 11.0. The lowest BCUT2D eigenvalue weighted by molar-refractivity contribution is 0.0941. The van der Waals surface area contributed by atoms with E-state index in [0.29, 0.717) is 30.0 Å². The van der Waals surface area contributed by atoms with Gasteiger partial charge in [-0.25, -0.2) is 9.37 Å². The topological polar surface area (TPSA) is 75.5 Å². The molecular formula is C22H25FN4O2. The summed E-state index contributed by atoms with van der Waals surface area (Å²) in [4.78, 5) is 29.5. The van der Waals surface area contributed by atoms with E-state index in [2.05, 4.69) is 29.5 Å².